The van der Waals surface area contributed by atoms with E-state index in [4.69, 9.17) is 11.6 Å². The predicted molar refractivity (Wildman–Crippen MR) is 95.7 cm³/mol. The number of nitrogens with zero attached hydrogens (tertiary/aromatic N) is 4. The van der Waals surface area contributed by atoms with Crippen molar-refractivity contribution in [1.29, 1.82) is 0 Å². The van der Waals surface area contributed by atoms with Crippen molar-refractivity contribution in [3.05, 3.63) is 46.7 Å². The Morgan fingerprint density at radius 1 is 1.29 bits per heavy atom. The van der Waals surface area contributed by atoms with Gasteiger partial charge in [0.15, 0.2) is 0 Å². The van der Waals surface area contributed by atoms with Crippen LogP contribution in [-0.2, 0) is 4.79 Å². The van der Waals surface area contributed by atoms with E-state index in [9.17, 15) is 4.79 Å². The Morgan fingerprint density at radius 2 is 2.08 bits per heavy atom. The molecule has 1 amide bonds. The monoisotopic (exact) mass is 361 g/mol. The van der Waals surface area contributed by atoms with Gasteiger partial charge in [-0.15, -0.1) is 5.10 Å². The Labute approximate surface area is 148 Å². The number of nitrogens with one attached hydrogen (secondary N) is 1. The lowest BCUT2D eigenvalue weighted by atomic mass is 10.3. The van der Waals surface area contributed by atoms with E-state index in [2.05, 4.69) is 20.4 Å². The van der Waals surface area contributed by atoms with Crippen LogP contribution in [0.4, 0.5) is 5.69 Å². The molecule has 0 bridgehead atoms. The highest BCUT2D eigenvalue weighted by Crippen LogP contribution is 2.22. The van der Waals surface area contributed by atoms with Crippen LogP contribution < -0.4 is 5.32 Å². The van der Waals surface area contributed by atoms with E-state index >= 15 is 0 Å². The van der Waals surface area contributed by atoms with Crippen molar-refractivity contribution >= 4 is 40.7 Å². The lowest BCUT2D eigenvalue weighted by molar-refractivity contribution is -0.115. The van der Waals surface area contributed by atoms with Crippen LogP contribution in [0.2, 0.25) is 5.02 Å². The molecule has 0 radical (unpaired) electrons. The van der Waals surface area contributed by atoms with Gasteiger partial charge >= 0.3 is 0 Å². The minimum Gasteiger partial charge on any atom is -0.325 e. The number of hydrogen-bond acceptors (Lipinski definition) is 5. The molecular weight excluding hydrogens is 346 g/mol. The number of thioether (sulfide) groups is 1. The predicted octanol–water partition coefficient (Wildman–Crippen LogP) is 3.51. The molecule has 3 aromatic rings. The molecule has 2 heterocycles. The summed E-state index contributed by atoms with van der Waals surface area (Å²) in [6.07, 6.45) is 0. The van der Waals surface area contributed by atoms with E-state index < -0.39 is 0 Å². The van der Waals surface area contributed by atoms with Gasteiger partial charge in [0, 0.05) is 22.1 Å². The van der Waals surface area contributed by atoms with E-state index in [1.54, 1.807) is 28.8 Å². The third-order valence-electron chi connectivity index (χ3n) is 3.34. The third kappa shape index (κ3) is 3.68. The maximum absolute atomic E-state index is 12.3. The van der Waals surface area contributed by atoms with Gasteiger partial charge in [0.25, 0.3) is 5.78 Å². The van der Waals surface area contributed by atoms with Gasteiger partial charge < -0.3 is 5.32 Å². The summed E-state index contributed by atoms with van der Waals surface area (Å²) >= 11 is 7.21. The van der Waals surface area contributed by atoms with Crippen molar-refractivity contribution in [2.45, 2.75) is 31.2 Å². The number of amides is 1. The molecule has 3 rings (SSSR count). The molecular formula is C16H16ClN5OS. The lowest BCUT2D eigenvalue weighted by Gasteiger charge is -2.10. The lowest BCUT2D eigenvalue weighted by Crippen LogP contribution is -2.22. The molecule has 1 N–H and O–H groups in total. The molecule has 1 aromatic carbocycles. The van der Waals surface area contributed by atoms with Gasteiger partial charge in [-0.05, 0) is 45.0 Å². The number of carbonyl (C=O) groups is 1. The van der Waals surface area contributed by atoms with Crippen molar-refractivity contribution in [1.82, 2.24) is 19.6 Å². The van der Waals surface area contributed by atoms with Crippen LogP contribution in [0.3, 0.4) is 0 Å². The normalized spacial score (nSPS) is 12.3. The first-order valence-corrected chi connectivity index (χ1v) is 8.62. The molecule has 0 saturated heterocycles. The van der Waals surface area contributed by atoms with Crippen molar-refractivity contribution < 1.29 is 4.79 Å². The molecule has 0 fully saturated rings. The molecule has 0 aliphatic heterocycles. The second kappa shape index (κ2) is 6.78. The molecule has 0 unspecified atom stereocenters. The largest absolute Gasteiger partial charge is 0.325 e. The molecule has 0 saturated carbocycles. The molecule has 6 nitrogen and oxygen atoms in total. The number of aromatic nitrogens is 4. The van der Waals surface area contributed by atoms with Gasteiger partial charge in [0.05, 0.1) is 5.25 Å². The quantitative estimate of drug-likeness (QED) is 0.720. The first-order chi connectivity index (χ1) is 11.4. The van der Waals surface area contributed by atoms with Gasteiger partial charge in [-0.2, -0.15) is 4.98 Å². The first kappa shape index (κ1) is 16.7. The molecule has 1 atom stereocenters. The second-order valence-electron chi connectivity index (χ2n) is 5.40. The fraction of sp³-hybridized carbons (Fsp3) is 0.250. The summed E-state index contributed by atoms with van der Waals surface area (Å²) < 4.78 is 1.68. The average molecular weight is 362 g/mol. The molecule has 8 heteroatoms. The van der Waals surface area contributed by atoms with Crippen LogP contribution in [0.5, 0.6) is 0 Å². The summed E-state index contributed by atoms with van der Waals surface area (Å²) in [7, 11) is 0. The van der Waals surface area contributed by atoms with E-state index in [0.29, 0.717) is 21.6 Å². The van der Waals surface area contributed by atoms with Gasteiger partial charge in [0.2, 0.25) is 11.1 Å². The minimum atomic E-state index is -0.359. The highest BCUT2D eigenvalue weighted by molar-refractivity contribution is 8.00. The van der Waals surface area contributed by atoms with E-state index in [-0.39, 0.29) is 11.2 Å². The maximum Gasteiger partial charge on any atom is 0.253 e. The van der Waals surface area contributed by atoms with Gasteiger partial charge in [-0.3, -0.25) is 4.79 Å². The fourth-order valence-electron chi connectivity index (χ4n) is 2.22. The summed E-state index contributed by atoms with van der Waals surface area (Å²) in [6.45, 7) is 5.66. The van der Waals surface area contributed by atoms with Crippen molar-refractivity contribution in [3.63, 3.8) is 0 Å². The molecule has 124 valence electrons. The van der Waals surface area contributed by atoms with E-state index in [1.807, 2.05) is 26.8 Å². The van der Waals surface area contributed by atoms with Gasteiger partial charge in [-0.1, -0.05) is 29.4 Å². The third-order valence-corrected chi connectivity index (χ3v) is 4.53. The number of fused-ring (bicyclic) bond motifs is 1. The van der Waals surface area contributed by atoms with Crippen LogP contribution in [0.1, 0.15) is 18.3 Å². The second-order valence-corrected chi connectivity index (χ2v) is 7.15. The number of hydrogen-bond donors (Lipinski definition) is 1. The zero-order valence-electron chi connectivity index (χ0n) is 13.4. The average Bonchev–Trinajstić information content (AvgIpc) is 2.89. The summed E-state index contributed by atoms with van der Waals surface area (Å²) in [5, 5.41) is 7.97. The molecule has 0 spiro atoms. The summed E-state index contributed by atoms with van der Waals surface area (Å²) in [5.74, 6) is 0.402. The Morgan fingerprint density at radius 3 is 2.83 bits per heavy atom. The summed E-state index contributed by atoms with van der Waals surface area (Å²) in [4.78, 5) is 21.0. The van der Waals surface area contributed by atoms with Gasteiger partial charge in [0.1, 0.15) is 0 Å². The smallest absolute Gasteiger partial charge is 0.253 e. The molecule has 0 aliphatic carbocycles. The topological polar surface area (TPSA) is 72.2 Å². The fourth-order valence-corrected chi connectivity index (χ4v) is 3.16. The Hall–Kier alpha value is -2.12. The molecule has 2 aromatic heterocycles. The van der Waals surface area contributed by atoms with Gasteiger partial charge in [-0.25, -0.2) is 9.50 Å². The standard InChI is InChI=1S/C16H16ClN5OS/c1-9-7-10(2)22-15(18-9)20-16(21-22)24-11(3)14(23)19-13-6-4-5-12(17)8-13/h4-8,11H,1-3H3,(H,19,23)/t11-/m0/s1. The highest BCUT2D eigenvalue weighted by Gasteiger charge is 2.18. The number of benzene rings is 1. The highest BCUT2D eigenvalue weighted by atomic mass is 35.5. The number of rotatable bonds is 4. The summed E-state index contributed by atoms with van der Waals surface area (Å²) in [5.41, 5.74) is 2.50. The van der Waals surface area contributed by atoms with Crippen LogP contribution in [0.25, 0.3) is 5.78 Å². The zero-order chi connectivity index (χ0) is 17.3. The van der Waals surface area contributed by atoms with Crippen LogP contribution >= 0.6 is 23.4 Å². The Bertz CT molecular complexity index is 911. The number of anilines is 1. The number of aryl methyl sites for hydroxylation is 2. The van der Waals surface area contributed by atoms with E-state index in [0.717, 1.165) is 11.4 Å². The van der Waals surface area contributed by atoms with E-state index in [1.165, 1.54) is 11.8 Å². The SMILES string of the molecule is Cc1cc(C)n2nc(S[C@@H](C)C(=O)Nc3cccc(Cl)c3)nc2n1. The maximum atomic E-state index is 12.3. The minimum absolute atomic E-state index is 0.137. The first-order valence-electron chi connectivity index (χ1n) is 7.36. The Kier molecular flexibility index (Phi) is 4.73. The van der Waals surface area contributed by atoms with Crippen LogP contribution in [-0.4, -0.2) is 30.7 Å². The number of halogens is 1. The molecule has 24 heavy (non-hydrogen) atoms. The number of carbonyl (C=O) groups excluding carboxylic acids is 1. The zero-order valence-corrected chi connectivity index (χ0v) is 15.0. The van der Waals surface area contributed by atoms with Crippen molar-refractivity contribution in [3.8, 4) is 0 Å². The van der Waals surface area contributed by atoms with Crippen molar-refractivity contribution in [2.24, 2.45) is 0 Å². The molecule has 0 aliphatic rings. The van der Waals surface area contributed by atoms with Crippen molar-refractivity contribution in [2.75, 3.05) is 5.32 Å². The Balaban J connectivity index is 1.73. The van der Waals surface area contributed by atoms with Crippen LogP contribution in [0.15, 0.2) is 35.5 Å². The van der Waals surface area contributed by atoms with Crippen LogP contribution in [0, 0.1) is 13.8 Å². The summed E-state index contributed by atoms with van der Waals surface area (Å²) in [6, 6.07) is 8.98.